The lowest BCUT2D eigenvalue weighted by molar-refractivity contribution is 0.109. The molecule has 2 atom stereocenters. The molecule has 8 heteroatoms. The van der Waals surface area contributed by atoms with E-state index in [1.54, 1.807) is 30.6 Å². The molecular weight excluding hydrogens is 400 g/mol. The standard InChI is InChI=1S/C23H21F2N5O/c1-13-7-8-26-11-20(13)31-21-12-27-10-19(28-21)23-15-9-14(5-6-18(15)29-30-23)22-16(24)3-2-4-17(22)25/h2-6,9-10,12-13,20,26H,7-8,11H2,1H3,(H,29,30)/t13-,20-/m0/s1. The third kappa shape index (κ3) is 3.74. The molecule has 6 nitrogen and oxygen atoms in total. The van der Waals surface area contributed by atoms with Crippen LogP contribution in [0.1, 0.15) is 13.3 Å². The topological polar surface area (TPSA) is 75.7 Å². The summed E-state index contributed by atoms with van der Waals surface area (Å²) in [5, 5.41) is 11.3. The van der Waals surface area contributed by atoms with Gasteiger partial charge in [-0.2, -0.15) is 5.10 Å². The van der Waals surface area contributed by atoms with Crippen LogP contribution in [0.25, 0.3) is 33.4 Å². The van der Waals surface area contributed by atoms with Crippen LogP contribution in [0.4, 0.5) is 8.78 Å². The molecule has 2 aromatic heterocycles. The fourth-order valence-electron chi connectivity index (χ4n) is 3.93. The fourth-order valence-corrected chi connectivity index (χ4v) is 3.93. The number of aromatic nitrogens is 4. The van der Waals surface area contributed by atoms with E-state index in [9.17, 15) is 8.78 Å². The Morgan fingerprint density at radius 2 is 1.94 bits per heavy atom. The number of nitrogens with one attached hydrogen (secondary N) is 2. The molecule has 0 amide bonds. The maximum Gasteiger partial charge on any atom is 0.233 e. The number of ether oxygens (including phenoxy) is 1. The second-order valence-electron chi connectivity index (χ2n) is 7.80. The summed E-state index contributed by atoms with van der Waals surface area (Å²) >= 11 is 0. The molecule has 0 unspecified atom stereocenters. The van der Waals surface area contributed by atoms with Crippen molar-refractivity contribution in [2.24, 2.45) is 5.92 Å². The normalized spacial score (nSPS) is 18.9. The highest BCUT2D eigenvalue weighted by atomic mass is 19.1. The maximum absolute atomic E-state index is 14.3. The number of hydrogen-bond acceptors (Lipinski definition) is 5. The Morgan fingerprint density at radius 3 is 2.74 bits per heavy atom. The van der Waals surface area contributed by atoms with Gasteiger partial charge in [0.25, 0.3) is 0 Å². The van der Waals surface area contributed by atoms with Crippen LogP contribution in [0.2, 0.25) is 0 Å². The minimum absolute atomic E-state index is 0.0184. The van der Waals surface area contributed by atoms with Crippen LogP contribution in [0.3, 0.4) is 0 Å². The van der Waals surface area contributed by atoms with Gasteiger partial charge in [-0.05, 0) is 48.7 Å². The average Bonchev–Trinajstić information content (AvgIpc) is 3.19. The number of benzene rings is 2. The van der Waals surface area contributed by atoms with Crippen molar-refractivity contribution in [3.05, 3.63) is 60.4 Å². The molecule has 1 aliphatic heterocycles. The van der Waals surface area contributed by atoms with Gasteiger partial charge in [-0.3, -0.25) is 10.1 Å². The number of aromatic amines is 1. The van der Waals surface area contributed by atoms with Crippen LogP contribution < -0.4 is 10.1 Å². The Balaban J connectivity index is 1.52. The van der Waals surface area contributed by atoms with E-state index in [4.69, 9.17) is 4.74 Å². The van der Waals surface area contributed by atoms with E-state index >= 15 is 0 Å². The predicted octanol–water partition coefficient (Wildman–Crippen LogP) is 4.34. The lowest BCUT2D eigenvalue weighted by Gasteiger charge is -2.29. The van der Waals surface area contributed by atoms with Gasteiger partial charge < -0.3 is 10.1 Å². The second-order valence-corrected chi connectivity index (χ2v) is 7.80. The summed E-state index contributed by atoms with van der Waals surface area (Å²) in [6.45, 7) is 3.90. The highest BCUT2D eigenvalue weighted by Crippen LogP contribution is 2.32. The maximum atomic E-state index is 14.3. The van der Waals surface area contributed by atoms with Gasteiger partial charge >= 0.3 is 0 Å². The van der Waals surface area contributed by atoms with Gasteiger partial charge in [-0.1, -0.05) is 19.1 Å². The largest absolute Gasteiger partial charge is 0.472 e. The molecule has 3 heterocycles. The van der Waals surface area contributed by atoms with Gasteiger partial charge in [-0.25, -0.2) is 13.8 Å². The number of H-pyrrole nitrogens is 1. The Morgan fingerprint density at radius 1 is 1.10 bits per heavy atom. The molecule has 0 radical (unpaired) electrons. The molecule has 4 aromatic rings. The number of nitrogens with zero attached hydrogens (tertiary/aromatic N) is 3. The van der Waals surface area contributed by atoms with Crippen molar-refractivity contribution in [2.45, 2.75) is 19.4 Å². The quantitative estimate of drug-likeness (QED) is 0.513. The van der Waals surface area contributed by atoms with Crippen molar-refractivity contribution in [1.29, 1.82) is 0 Å². The van der Waals surface area contributed by atoms with Gasteiger partial charge in [0, 0.05) is 11.9 Å². The fraction of sp³-hybridized carbons (Fsp3) is 0.261. The Labute approximate surface area is 177 Å². The van der Waals surface area contributed by atoms with E-state index < -0.39 is 11.6 Å². The van der Waals surface area contributed by atoms with E-state index in [0.717, 1.165) is 25.0 Å². The minimum atomic E-state index is -0.616. The zero-order valence-electron chi connectivity index (χ0n) is 16.9. The second kappa shape index (κ2) is 8.03. The monoisotopic (exact) mass is 421 g/mol. The first-order valence-electron chi connectivity index (χ1n) is 10.2. The van der Waals surface area contributed by atoms with Gasteiger partial charge in [0.05, 0.1) is 23.5 Å². The smallest absolute Gasteiger partial charge is 0.233 e. The molecular formula is C23H21F2N5O. The molecule has 158 valence electrons. The molecule has 1 saturated heterocycles. The van der Waals surface area contributed by atoms with Crippen molar-refractivity contribution >= 4 is 10.9 Å². The first-order chi connectivity index (χ1) is 15.1. The molecule has 0 spiro atoms. The van der Waals surface area contributed by atoms with Crippen molar-refractivity contribution in [3.8, 4) is 28.4 Å². The van der Waals surface area contributed by atoms with Gasteiger partial charge in [0.15, 0.2) is 0 Å². The lowest BCUT2D eigenvalue weighted by Crippen LogP contribution is -2.43. The number of fused-ring (bicyclic) bond motifs is 1. The molecule has 2 N–H and O–H groups in total. The first-order valence-corrected chi connectivity index (χ1v) is 10.2. The zero-order valence-corrected chi connectivity index (χ0v) is 16.9. The molecule has 1 aliphatic rings. The van der Waals surface area contributed by atoms with Gasteiger partial charge in [-0.15, -0.1) is 0 Å². The Bertz CT molecular complexity index is 1220. The number of rotatable bonds is 4. The molecule has 2 aromatic carbocycles. The van der Waals surface area contributed by atoms with Crippen LogP contribution >= 0.6 is 0 Å². The molecule has 31 heavy (non-hydrogen) atoms. The molecule has 1 fully saturated rings. The summed E-state index contributed by atoms with van der Waals surface area (Å²) in [5.74, 6) is -0.397. The van der Waals surface area contributed by atoms with E-state index in [2.05, 4.69) is 32.4 Å². The van der Waals surface area contributed by atoms with Crippen LogP contribution in [0.5, 0.6) is 5.88 Å². The number of piperidine rings is 1. The zero-order chi connectivity index (χ0) is 21.4. The Kier molecular flexibility index (Phi) is 5.07. The van der Waals surface area contributed by atoms with Crippen molar-refractivity contribution in [2.75, 3.05) is 13.1 Å². The highest BCUT2D eigenvalue weighted by Gasteiger charge is 2.23. The highest BCUT2D eigenvalue weighted by molar-refractivity contribution is 5.94. The van der Waals surface area contributed by atoms with E-state index in [0.29, 0.717) is 34.1 Å². The van der Waals surface area contributed by atoms with Crippen LogP contribution in [-0.2, 0) is 0 Å². The van der Waals surface area contributed by atoms with E-state index in [1.807, 2.05) is 0 Å². The van der Waals surface area contributed by atoms with Crippen LogP contribution in [0.15, 0.2) is 48.8 Å². The Hall–Kier alpha value is -3.39. The first kappa shape index (κ1) is 19.6. The van der Waals surface area contributed by atoms with Gasteiger partial charge in [0.2, 0.25) is 5.88 Å². The summed E-state index contributed by atoms with van der Waals surface area (Å²) in [4.78, 5) is 8.85. The summed E-state index contributed by atoms with van der Waals surface area (Å²) in [7, 11) is 0. The minimum Gasteiger partial charge on any atom is -0.472 e. The lowest BCUT2D eigenvalue weighted by atomic mass is 9.97. The summed E-state index contributed by atoms with van der Waals surface area (Å²) < 4.78 is 34.6. The number of hydrogen-bond donors (Lipinski definition) is 2. The predicted molar refractivity (Wildman–Crippen MR) is 114 cm³/mol. The van der Waals surface area contributed by atoms with Gasteiger partial charge in [0.1, 0.15) is 29.1 Å². The average molecular weight is 421 g/mol. The molecule has 5 rings (SSSR count). The molecule has 0 bridgehead atoms. The van der Waals surface area contributed by atoms with E-state index in [1.165, 1.54) is 18.2 Å². The molecule has 0 saturated carbocycles. The summed E-state index contributed by atoms with van der Waals surface area (Å²) in [5.41, 5.74) is 2.15. The third-order valence-corrected chi connectivity index (χ3v) is 5.70. The summed E-state index contributed by atoms with van der Waals surface area (Å²) in [6, 6.07) is 8.95. The van der Waals surface area contributed by atoms with Crippen LogP contribution in [0, 0.1) is 17.6 Å². The summed E-state index contributed by atoms with van der Waals surface area (Å²) in [6.07, 6.45) is 4.24. The SMILES string of the molecule is C[C@H]1CCNC[C@@H]1Oc1cncc(-c2n[nH]c3ccc(-c4c(F)cccc4F)cc23)n1. The van der Waals surface area contributed by atoms with Crippen LogP contribution in [-0.4, -0.2) is 39.4 Å². The molecule has 0 aliphatic carbocycles. The van der Waals surface area contributed by atoms with Crippen molar-refractivity contribution in [1.82, 2.24) is 25.5 Å². The van der Waals surface area contributed by atoms with Crippen molar-refractivity contribution in [3.63, 3.8) is 0 Å². The number of halogens is 2. The van der Waals surface area contributed by atoms with Crippen molar-refractivity contribution < 1.29 is 13.5 Å². The third-order valence-electron chi connectivity index (χ3n) is 5.70. The van der Waals surface area contributed by atoms with E-state index in [-0.39, 0.29) is 11.7 Å².